The fraction of sp³-hybridized carbons (Fsp3) is 0.300. The van der Waals surface area contributed by atoms with E-state index in [2.05, 4.69) is 0 Å². The molecule has 2 N–H and O–H groups in total. The van der Waals surface area contributed by atoms with E-state index in [1.54, 1.807) is 19.2 Å². The minimum atomic E-state index is -0.558. The molecule has 0 atom stereocenters. The standard InChI is InChI=1S/C10H13FN2O2/c1-13(10(14)12-15)7-6-8-2-4-9(11)5-3-8/h2-5,15H,6-7H2,1H3,(H,12,14). The molecule has 0 aliphatic carbocycles. The highest BCUT2D eigenvalue weighted by atomic mass is 19.1. The average Bonchev–Trinajstić information content (AvgIpc) is 2.26. The van der Waals surface area contributed by atoms with E-state index in [9.17, 15) is 9.18 Å². The lowest BCUT2D eigenvalue weighted by molar-refractivity contribution is 0.136. The smallest absolute Gasteiger partial charge is 0.326 e. The van der Waals surface area contributed by atoms with E-state index in [1.165, 1.54) is 22.5 Å². The Morgan fingerprint density at radius 3 is 2.60 bits per heavy atom. The number of likely N-dealkylation sites (N-methyl/N-ethyl adjacent to an activating group) is 1. The number of hydroxylamine groups is 1. The Hall–Kier alpha value is -1.62. The summed E-state index contributed by atoms with van der Waals surface area (Å²) >= 11 is 0. The van der Waals surface area contributed by atoms with Gasteiger partial charge in [0.2, 0.25) is 0 Å². The zero-order chi connectivity index (χ0) is 11.3. The number of hydrogen-bond acceptors (Lipinski definition) is 2. The van der Waals surface area contributed by atoms with Crippen LogP contribution in [-0.4, -0.2) is 29.7 Å². The summed E-state index contributed by atoms with van der Waals surface area (Å²) in [6.07, 6.45) is 0.615. The molecule has 82 valence electrons. The highest BCUT2D eigenvalue weighted by Gasteiger charge is 2.05. The molecule has 0 aromatic heterocycles. The molecule has 0 radical (unpaired) electrons. The van der Waals surface area contributed by atoms with Gasteiger partial charge in [-0.25, -0.2) is 14.7 Å². The second kappa shape index (κ2) is 5.31. The van der Waals surface area contributed by atoms with Gasteiger partial charge in [0.1, 0.15) is 5.82 Å². The molecule has 1 aromatic carbocycles. The van der Waals surface area contributed by atoms with Gasteiger partial charge in [-0.3, -0.25) is 5.21 Å². The van der Waals surface area contributed by atoms with Crippen molar-refractivity contribution in [3.8, 4) is 0 Å². The maximum atomic E-state index is 12.6. The van der Waals surface area contributed by atoms with Crippen molar-refractivity contribution in [2.75, 3.05) is 13.6 Å². The lowest BCUT2D eigenvalue weighted by Gasteiger charge is -2.15. The van der Waals surface area contributed by atoms with Crippen LogP contribution in [0.3, 0.4) is 0 Å². The number of carbonyl (C=O) groups excluding carboxylic acids is 1. The minimum absolute atomic E-state index is 0.278. The molecular weight excluding hydrogens is 199 g/mol. The molecule has 1 aromatic rings. The van der Waals surface area contributed by atoms with Crippen LogP contribution in [0, 0.1) is 5.82 Å². The second-order valence-electron chi connectivity index (χ2n) is 3.21. The van der Waals surface area contributed by atoms with Gasteiger partial charge in [-0.1, -0.05) is 12.1 Å². The van der Waals surface area contributed by atoms with E-state index >= 15 is 0 Å². The molecule has 0 spiro atoms. The van der Waals surface area contributed by atoms with Crippen LogP contribution < -0.4 is 5.48 Å². The molecule has 0 aliphatic heterocycles. The first-order valence-electron chi connectivity index (χ1n) is 4.53. The summed E-state index contributed by atoms with van der Waals surface area (Å²) in [5.74, 6) is -0.278. The van der Waals surface area contributed by atoms with E-state index in [0.717, 1.165) is 5.56 Å². The van der Waals surface area contributed by atoms with E-state index in [-0.39, 0.29) is 5.82 Å². The summed E-state index contributed by atoms with van der Waals surface area (Å²) in [7, 11) is 1.56. The molecule has 2 amide bonds. The van der Waals surface area contributed by atoms with Crippen molar-refractivity contribution < 1.29 is 14.4 Å². The van der Waals surface area contributed by atoms with Gasteiger partial charge in [-0.05, 0) is 24.1 Å². The Balaban J connectivity index is 2.43. The van der Waals surface area contributed by atoms with Gasteiger partial charge in [-0.2, -0.15) is 0 Å². The fourth-order valence-corrected chi connectivity index (χ4v) is 1.13. The van der Waals surface area contributed by atoms with Gasteiger partial charge in [0.15, 0.2) is 0 Å². The molecule has 5 heteroatoms. The van der Waals surface area contributed by atoms with Crippen molar-refractivity contribution in [1.29, 1.82) is 0 Å². The van der Waals surface area contributed by atoms with Gasteiger partial charge >= 0.3 is 6.03 Å². The number of urea groups is 1. The topological polar surface area (TPSA) is 52.6 Å². The Bertz CT molecular complexity index is 327. The largest absolute Gasteiger partial charge is 0.340 e. The van der Waals surface area contributed by atoms with Crippen molar-refractivity contribution >= 4 is 6.03 Å². The van der Waals surface area contributed by atoms with E-state index in [0.29, 0.717) is 13.0 Å². The maximum absolute atomic E-state index is 12.6. The number of amides is 2. The van der Waals surface area contributed by atoms with Crippen LogP contribution in [0.5, 0.6) is 0 Å². The predicted octanol–water partition coefficient (Wildman–Crippen LogP) is 1.40. The van der Waals surface area contributed by atoms with Crippen LogP contribution in [0.1, 0.15) is 5.56 Å². The quantitative estimate of drug-likeness (QED) is 0.587. The molecule has 15 heavy (non-hydrogen) atoms. The number of halogens is 1. The predicted molar refractivity (Wildman–Crippen MR) is 53.1 cm³/mol. The number of hydrogen-bond donors (Lipinski definition) is 2. The lowest BCUT2D eigenvalue weighted by Crippen LogP contribution is -2.36. The molecular formula is C10H13FN2O2. The Morgan fingerprint density at radius 1 is 1.47 bits per heavy atom. The SMILES string of the molecule is CN(CCc1ccc(F)cc1)C(=O)NO. The van der Waals surface area contributed by atoms with Crippen LogP contribution in [-0.2, 0) is 6.42 Å². The zero-order valence-electron chi connectivity index (χ0n) is 8.40. The van der Waals surface area contributed by atoms with Gasteiger partial charge in [0, 0.05) is 13.6 Å². The van der Waals surface area contributed by atoms with Crippen molar-refractivity contribution in [2.45, 2.75) is 6.42 Å². The van der Waals surface area contributed by atoms with E-state index in [4.69, 9.17) is 5.21 Å². The van der Waals surface area contributed by atoms with Crippen molar-refractivity contribution in [3.63, 3.8) is 0 Å². The molecule has 4 nitrogen and oxygen atoms in total. The monoisotopic (exact) mass is 212 g/mol. The molecule has 1 rings (SSSR count). The van der Waals surface area contributed by atoms with Crippen LogP contribution in [0.15, 0.2) is 24.3 Å². The zero-order valence-corrected chi connectivity index (χ0v) is 8.40. The Labute approximate surface area is 87.3 Å². The first-order chi connectivity index (χ1) is 7.13. The van der Waals surface area contributed by atoms with Crippen LogP contribution in [0.2, 0.25) is 0 Å². The van der Waals surface area contributed by atoms with Crippen molar-refractivity contribution in [3.05, 3.63) is 35.6 Å². The van der Waals surface area contributed by atoms with E-state index in [1.807, 2.05) is 0 Å². The molecule has 0 aliphatic rings. The second-order valence-corrected chi connectivity index (χ2v) is 3.21. The van der Waals surface area contributed by atoms with Gasteiger partial charge in [-0.15, -0.1) is 0 Å². The van der Waals surface area contributed by atoms with Gasteiger partial charge in [0.05, 0.1) is 0 Å². The lowest BCUT2D eigenvalue weighted by atomic mass is 10.1. The normalized spacial score (nSPS) is 9.80. The summed E-state index contributed by atoms with van der Waals surface area (Å²) in [6, 6.07) is 5.53. The van der Waals surface area contributed by atoms with Gasteiger partial charge < -0.3 is 4.90 Å². The third-order valence-electron chi connectivity index (χ3n) is 2.09. The number of nitrogens with one attached hydrogen (secondary N) is 1. The Kier molecular flexibility index (Phi) is 4.05. The summed E-state index contributed by atoms with van der Waals surface area (Å²) in [5.41, 5.74) is 2.48. The van der Waals surface area contributed by atoms with E-state index < -0.39 is 6.03 Å². The van der Waals surface area contributed by atoms with Crippen LogP contribution in [0.4, 0.5) is 9.18 Å². The molecule has 0 fully saturated rings. The molecule has 0 saturated heterocycles. The first-order valence-corrected chi connectivity index (χ1v) is 4.53. The number of rotatable bonds is 3. The van der Waals surface area contributed by atoms with Crippen molar-refractivity contribution in [1.82, 2.24) is 10.4 Å². The molecule has 0 unspecified atom stereocenters. The summed E-state index contributed by atoms with van der Waals surface area (Å²) in [5, 5.41) is 8.35. The average molecular weight is 212 g/mol. The highest BCUT2D eigenvalue weighted by molar-refractivity contribution is 5.72. The van der Waals surface area contributed by atoms with Crippen LogP contribution in [0.25, 0.3) is 0 Å². The number of carbonyl (C=O) groups is 1. The molecule has 0 heterocycles. The molecule has 0 bridgehead atoms. The first kappa shape index (κ1) is 11.5. The minimum Gasteiger partial charge on any atom is -0.326 e. The summed E-state index contributed by atoms with van der Waals surface area (Å²) in [6.45, 7) is 0.456. The maximum Gasteiger partial charge on any atom is 0.340 e. The highest BCUT2D eigenvalue weighted by Crippen LogP contribution is 2.04. The van der Waals surface area contributed by atoms with Gasteiger partial charge in [0.25, 0.3) is 0 Å². The fourth-order valence-electron chi connectivity index (χ4n) is 1.13. The third-order valence-corrected chi connectivity index (χ3v) is 2.09. The number of nitrogens with zero attached hydrogens (tertiary/aromatic N) is 1. The third kappa shape index (κ3) is 3.55. The summed E-state index contributed by atoms with van der Waals surface area (Å²) in [4.78, 5) is 12.2. The van der Waals surface area contributed by atoms with Crippen LogP contribution >= 0.6 is 0 Å². The summed E-state index contributed by atoms with van der Waals surface area (Å²) < 4.78 is 12.6. The molecule has 0 saturated carbocycles. The number of benzene rings is 1. The van der Waals surface area contributed by atoms with Crippen molar-refractivity contribution in [2.24, 2.45) is 0 Å². The Morgan fingerprint density at radius 2 is 2.07 bits per heavy atom.